The summed E-state index contributed by atoms with van der Waals surface area (Å²) in [5.41, 5.74) is 0. The highest BCUT2D eigenvalue weighted by atomic mass is 16.2. The van der Waals surface area contributed by atoms with Gasteiger partial charge in [-0.3, -0.25) is 9.59 Å². The molecule has 6 heteroatoms. The predicted molar refractivity (Wildman–Crippen MR) is 223 cm³/mol. The summed E-state index contributed by atoms with van der Waals surface area (Å²) in [6.07, 6.45) is 38.6. The normalized spacial score (nSPS) is 23.5. The van der Waals surface area contributed by atoms with Gasteiger partial charge < -0.3 is 19.6 Å². The summed E-state index contributed by atoms with van der Waals surface area (Å²) in [7, 11) is 4.30. The van der Waals surface area contributed by atoms with Crippen LogP contribution in [-0.2, 0) is 9.59 Å². The fraction of sp³-hybridized carbons (Fsp3) is 0.913. The van der Waals surface area contributed by atoms with Crippen molar-refractivity contribution in [1.29, 1.82) is 0 Å². The molecule has 3 rings (SSSR count). The molecule has 302 valence electrons. The van der Waals surface area contributed by atoms with E-state index in [-0.39, 0.29) is 0 Å². The van der Waals surface area contributed by atoms with Gasteiger partial charge in [-0.15, -0.1) is 0 Å². The van der Waals surface area contributed by atoms with E-state index in [1.54, 1.807) is 0 Å². The van der Waals surface area contributed by atoms with Gasteiger partial charge in [0.1, 0.15) is 0 Å². The van der Waals surface area contributed by atoms with Crippen molar-refractivity contribution < 1.29 is 9.59 Å². The standard InChI is InChI=1S/C46H86N4O2/c1-5-7-9-20-25-41-31-32-42(26-21-15-14-18-24-30-46(52)50-39-35-48(4)36-40-50)44(43(41)27-19-8-6-2)28-22-16-12-10-11-13-17-23-29-45(51)49-37-33-47(3)34-38-49/h16,22,41-44H,5-15,17-21,23-40H2,1-4H3. The highest BCUT2D eigenvalue weighted by Crippen LogP contribution is 2.47. The average Bonchev–Trinajstić information content (AvgIpc) is 3.15. The van der Waals surface area contributed by atoms with Crippen LogP contribution in [0, 0.1) is 23.7 Å². The van der Waals surface area contributed by atoms with E-state index in [4.69, 9.17) is 0 Å². The summed E-state index contributed by atoms with van der Waals surface area (Å²) in [6.45, 7) is 12.4. The lowest BCUT2D eigenvalue weighted by atomic mass is 9.61. The number of hydrogen-bond acceptors (Lipinski definition) is 4. The summed E-state index contributed by atoms with van der Waals surface area (Å²) in [4.78, 5) is 34.0. The van der Waals surface area contributed by atoms with Gasteiger partial charge in [-0.1, -0.05) is 129 Å². The van der Waals surface area contributed by atoms with Gasteiger partial charge in [-0.2, -0.15) is 0 Å². The molecule has 0 aromatic carbocycles. The first kappa shape index (κ1) is 45.0. The van der Waals surface area contributed by atoms with Gasteiger partial charge in [-0.25, -0.2) is 0 Å². The van der Waals surface area contributed by atoms with Crippen LogP contribution in [-0.4, -0.2) is 97.9 Å². The Morgan fingerprint density at radius 3 is 1.44 bits per heavy atom. The Hall–Kier alpha value is -1.40. The monoisotopic (exact) mass is 727 g/mol. The Balaban J connectivity index is 1.39. The van der Waals surface area contributed by atoms with Crippen molar-refractivity contribution in [3.63, 3.8) is 0 Å². The largest absolute Gasteiger partial charge is 0.340 e. The first-order chi connectivity index (χ1) is 25.4. The quantitative estimate of drug-likeness (QED) is 0.0625. The van der Waals surface area contributed by atoms with Crippen molar-refractivity contribution in [3.05, 3.63) is 12.2 Å². The van der Waals surface area contributed by atoms with Crippen LogP contribution in [0.1, 0.15) is 181 Å². The van der Waals surface area contributed by atoms with Crippen LogP contribution in [0.25, 0.3) is 0 Å². The van der Waals surface area contributed by atoms with Crippen LogP contribution in [0.5, 0.6) is 0 Å². The van der Waals surface area contributed by atoms with Crippen molar-refractivity contribution in [1.82, 2.24) is 19.6 Å². The molecule has 1 saturated carbocycles. The number of allylic oxidation sites excluding steroid dienone is 2. The van der Waals surface area contributed by atoms with Crippen LogP contribution in [0.4, 0.5) is 0 Å². The Kier molecular flexibility index (Phi) is 24.3. The number of carbonyl (C=O) groups is 2. The lowest BCUT2D eigenvalue weighted by Gasteiger charge is -2.44. The summed E-state index contributed by atoms with van der Waals surface area (Å²) < 4.78 is 0. The molecule has 2 amide bonds. The Morgan fingerprint density at radius 1 is 0.481 bits per heavy atom. The molecule has 52 heavy (non-hydrogen) atoms. The number of rotatable bonds is 27. The molecule has 0 radical (unpaired) electrons. The smallest absolute Gasteiger partial charge is 0.222 e. The SMILES string of the molecule is CCCCCCC1CCC(CCCCCCCC(=O)N2CCN(C)CC2)C(CC=CCCCCCCCC(=O)N2CCN(C)CC2)C1CCCCC. The molecule has 6 nitrogen and oxygen atoms in total. The van der Waals surface area contributed by atoms with E-state index in [1.807, 2.05) is 0 Å². The topological polar surface area (TPSA) is 47.1 Å². The van der Waals surface area contributed by atoms with Crippen molar-refractivity contribution in [3.8, 4) is 0 Å². The van der Waals surface area contributed by atoms with E-state index >= 15 is 0 Å². The molecular weight excluding hydrogens is 641 g/mol. The maximum absolute atomic E-state index is 12.6. The zero-order chi connectivity index (χ0) is 37.2. The number of nitrogens with zero attached hydrogens (tertiary/aromatic N) is 4. The summed E-state index contributed by atoms with van der Waals surface area (Å²) in [6, 6.07) is 0. The van der Waals surface area contributed by atoms with Crippen molar-refractivity contribution in [2.24, 2.45) is 23.7 Å². The van der Waals surface area contributed by atoms with Crippen molar-refractivity contribution in [2.75, 3.05) is 66.5 Å². The lowest BCUT2D eigenvalue weighted by Crippen LogP contribution is -2.47. The molecular formula is C46H86N4O2. The van der Waals surface area contributed by atoms with Gasteiger partial charge in [0.05, 0.1) is 0 Å². The second-order valence-corrected chi connectivity index (χ2v) is 17.5. The molecule has 3 fully saturated rings. The molecule has 2 heterocycles. The molecule has 3 aliphatic rings. The number of likely N-dealkylation sites (N-methyl/N-ethyl adjacent to an activating group) is 2. The first-order valence-corrected chi connectivity index (χ1v) is 23.0. The van der Waals surface area contributed by atoms with Gasteiger partial charge in [0, 0.05) is 65.2 Å². The second kappa shape index (κ2) is 28.1. The number of piperazine rings is 2. The van der Waals surface area contributed by atoms with Crippen LogP contribution >= 0.6 is 0 Å². The third-order valence-electron chi connectivity index (χ3n) is 13.3. The number of carbonyl (C=O) groups excluding carboxylic acids is 2. The minimum Gasteiger partial charge on any atom is -0.340 e. The summed E-state index contributed by atoms with van der Waals surface area (Å²) in [5.74, 6) is 4.40. The first-order valence-electron chi connectivity index (χ1n) is 23.0. The van der Waals surface area contributed by atoms with Crippen LogP contribution in [0.15, 0.2) is 12.2 Å². The number of amides is 2. The fourth-order valence-corrected chi connectivity index (χ4v) is 9.63. The Bertz CT molecular complexity index is 939. The van der Waals surface area contributed by atoms with E-state index in [1.165, 1.54) is 141 Å². The minimum absolute atomic E-state index is 0.373. The number of unbranched alkanes of at least 4 members (excludes halogenated alkanes) is 14. The Labute approximate surface area is 323 Å². The molecule has 0 spiro atoms. The van der Waals surface area contributed by atoms with Gasteiger partial charge >= 0.3 is 0 Å². The minimum atomic E-state index is 0.373. The molecule has 2 saturated heterocycles. The van der Waals surface area contributed by atoms with Gasteiger partial charge in [0.2, 0.25) is 11.8 Å². The third kappa shape index (κ3) is 18.3. The summed E-state index contributed by atoms with van der Waals surface area (Å²) >= 11 is 0. The van der Waals surface area contributed by atoms with E-state index in [9.17, 15) is 9.59 Å². The average molecular weight is 727 g/mol. The zero-order valence-corrected chi connectivity index (χ0v) is 35.1. The van der Waals surface area contributed by atoms with E-state index < -0.39 is 0 Å². The molecule has 0 bridgehead atoms. The van der Waals surface area contributed by atoms with Crippen LogP contribution in [0.2, 0.25) is 0 Å². The van der Waals surface area contributed by atoms with E-state index in [0.717, 1.165) is 102 Å². The molecule has 2 aliphatic heterocycles. The van der Waals surface area contributed by atoms with Crippen LogP contribution in [0.3, 0.4) is 0 Å². The molecule has 4 atom stereocenters. The van der Waals surface area contributed by atoms with Gasteiger partial charge in [0.25, 0.3) is 0 Å². The maximum atomic E-state index is 12.6. The van der Waals surface area contributed by atoms with Crippen LogP contribution < -0.4 is 0 Å². The highest BCUT2D eigenvalue weighted by Gasteiger charge is 2.37. The predicted octanol–water partition coefficient (Wildman–Crippen LogP) is 10.8. The van der Waals surface area contributed by atoms with Crippen molar-refractivity contribution >= 4 is 11.8 Å². The lowest BCUT2D eigenvalue weighted by molar-refractivity contribution is -0.133. The second-order valence-electron chi connectivity index (χ2n) is 17.5. The van der Waals surface area contributed by atoms with E-state index in [0.29, 0.717) is 11.8 Å². The third-order valence-corrected chi connectivity index (χ3v) is 13.3. The Morgan fingerprint density at radius 2 is 0.904 bits per heavy atom. The van der Waals surface area contributed by atoms with E-state index in [2.05, 4.69) is 59.7 Å². The molecule has 0 N–H and O–H groups in total. The van der Waals surface area contributed by atoms with Gasteiger partial charge in [-0.05, 0) is 89.1 Å². The zero-order valence-electron chi connectivity index (χ0n) is 35.1. The molecule has 0 aromatic rings. The fourth-order valence-electron chi connectivity index (χ4n) is 9.63. The van der Waals surface area contributed by atoms with Gasteiger partial charge in [0.15, 0.2) is 0 Å². The summed E-state index contributed by atoms with van der Waals surface area (Å²) in [5, 5.41) is 0. The maximum Gasteiger partial charge on any atom is 0.222 e. The molecule has 4 unspecified atom stereocenters. The van der Waals surface area contributed by atoms with Crippen molar-refractivity contribution in [2.45, 2.75) is 181 Å². The highest BCUT2D eigenvalue weighted by molar-refractivity contribution is 5.76. The molecule has 0 aromatic heterocycles. The number of hydrogen-bond donors (Lipinski definition) is 0. The molecule has 1 aliphatic carbocycles.